The largest absolute Gasteiger partial charge is 0.493 e. The molecule has 1 rings (SSSR count). The monoisotopic (exact) mass is 292 g/mol. The molecule has 0 saturated heterocycles. The molecule has 0 saturated carbocycles. The Morgan fingerprint density at radius 1 is 1.19 bits per heavy atom. The molecule has 0 aliphatic carbocycles. The Kier molecular flexibility index (Phi) is 5.54. The molecule has 2 N–H and O–H groups in total. The number of carbonyl (C=O) groups is 2. The van der Waals surface area contributed by atoms with Gasteiger partial charge in [0.15, 0.2) is 11.5 Å². The Hall–Kier alpha value is -2.76. The Labute approximate surface area is 121 Å². The van der Waals surface area contributed by atoms with Crippen LogP contribution in [0.3, 0.4) is 0 Å². The molecule has 0 unspecified atom stereocenters. The van der Waals surface area contributed by atoms with Crippen molar-refractivity contribution in [3.8, 4) is 11.5 Å². The second-order valence-corrected chi connectivity index (χ2v) is 4.08. The number of carboxylic acids is 2. The van der Waals surface area contributed by atoms with E-state index >= 15 is 0 Å². The molecular formula is C15H16O6. The number of hydrogen-bond acceptors (Lipinski definition) is 4. The highest BCUT2D eigenvalue weighted by atomic mass is 16.5. The van der Waals surface area contributed by atoms with Gasteiger partial charge < -0.3 is 19.7 Å². The molecule has 0 fully saturated rings. The lowest BCUT2D eigenvalue weighted by Gasteiger charge is -2.13. The number of carboxylic acid groups (broad SMARTS) is 2. The summed E-state index contributed by atoms with van der Waals surface area (Å²) >= 11 is 0. The summed E-state index contributed by atoms with van der Waals surface area (Å²) in [7, 11) is 2.93. The first-order valence-electron chi connectivity index (χ1n) is 5.98. The smallest absolute Gasteiger partial charge is 0.343 e. The van der Waals surface area contributed by atoms with Gasteiger partial charge in [-0.2, -0.15) is 0 Å². The molecule has 1 aromatic carbocycles. The SMILES string of the molecule is C=CCc1cc(C=C(C(=O)O)C(=O)O)cc(OC)c1OC. The third-order valence-corrected chi connectivity index (χ3v) is 2.71. The zero-order valence-electron chi connectivity index (χ0n) is 11.8. The lowest BCUT2D eigenvalue weighted by Crippen LogP contribution is -2.10. The maximum atomic E-state index is 10.9. The van der Waals surface area contributed by atoms with Crippen LogP contribution in [0.1, 0.15) is 11.1 Å². The van der Waals surface area contributed by atoms with Gasteiger partial charge in [-0.3, -0.25) is 0 Å². The van der Waals surface area contributed by atoms with E-state index in [0.717, 1.165) is 6.08 Å². The van der Waals surface area contributed by atoms with Crippen molar-refractivity contribution in [2.45, 2.75) is 6.42 Å². The van der Waals surface area contributed by atoms with E-state index in [4.69, 9.17) is 19.7 Å². The van der Waals surface area contributed by atoms with E-state index in [1.165, 1.54) is 20.3 Å². The van der Waals surface area contributed by atoms with Crippen molar-refractivity contribution in [3.63, 3.8) is 0 Å². The zero-order valence-corrected chi connectivity index (χ0v) is 11.8. The van der Waals surface area contributed by atoms with Crippen LogP contribution in [-0.2, 0) is 16.0 Å². The van der Waals surface area contributed by atoms with Crippen LogP contribution in [0.2, 0.25) is 0 Å². The van der Waals surface area contributed by atoms with Crippen LogP contribution in [0.5, 0.6) is 11.5 Å². The summed E-state index contributed by atoms with van der Waals surface area (Å²) in [5.74, 6) is -2.13. The third-order valence-electron chi connectivity index (χ3n) is 2.71. The molecule has 0 amide bonds. The minimum atomic E-state index is -1.51. The van der Waals surface area contributed by atoms with Gasteiger partial charge >= 0.3 is 11.9 Å². The minimum absolute atomic E-state index is 0.387. The summed E-state index contributed by atoms with van der Waals surface area (Å²) in [4.78, 5) is 21.8. The zero-order chi connectivity index (χ0) is 16.0. The van der Waals surface area contributed by atoms with Gasteiger partial charge in [0.1, 0.15) is 5.57 Å². The highest BCUT2D eigenvalue weighted by molar-refractivity contribution is 6.16. The molecule has 6 heteroatoms. The Balaban J connectivity index is 3.47. The van der Waals surface area contributed by atoms with E-state index < -0.39 is 17.5 Å². The third kappa shape index (κ3) is 3.85. The standard InChI is InChI=1S/C15H16O6/c1-4-5-10-6-9(7-11(14(16)17)15(18)19)8-12(20-2)13(10)21-3/h4,6-8H,1,5H2,2-3H3,(H,16,17)(H,18,19). The first-order chi connectivity index (χ1) is 9.94. The first kappa shape index (κ1) is 16.3. The summed E-state index contributed by atoms with van der Waals surface area (Å²) in [6.45, 7) is 3.63. The van der Waals surface area contributed by atoms with E-state index in [1.807, 2.05) is 0 Å². The molecule has 6 nitrogen and oxygen atoms in total. The average Bonchev–Trinajstić information content (AvgIpc) is 2.43. The molecule has 1 aromatic rings. The van der Waals surface area contributed by atoms with Crippen molar-refractivity contribution in [2.75, 3.05) is 14.2 Å². The van der Waals surface area contributed by atoms with Crippen LogP contribution in [0.25, 0.3) is 6.08 Å². The number of hydrogen-bond donors (Lipinski definition) is 2. The average molecular weight is 292 g/mol. The fraction of sp³-hybridized carbons (Fsp3) is 0.200. The molecule has 0 heterocycles. The van der Waals surface area contributed by atoms with Gasteiger partial charge in [-0.1, -0.05) is 6.08 Å². The molecule has 0 aliphatic heterocycles. The van der Waals surface area contributed by atoms with Crippen molar-refractivity contribution in [1.82, 2.24) is 0 Å². The van der Waals surface area contributed by atoms with Crippen LogP contribution >= 0.6 is 0 Å². The van der Waals surface area contributed by atoms with Crippen molar-refractivity contribution >= 4 is 18.0 Å². The maximum Gasteiger partial charge on any atom is 0.343 e. The number of benzene rings is 1. The molecule has 0 aliphatic rings. The number of ether oxygens (including phenoxy) is 2. The van der Waals surface area contributed by atoms with Gasteiger partial charge in [0, 0.05) is 5.56 Å². The molecule has 21 heavy (non-hydrogen) atoms. The Bertz CT molecular complexity index is 584. The normalized spacial score (nSPS) is 9.62. The quantitative estimate of drug-likeness (QED) is 0.345. The molecule has 0 atom stereocenters. The molecule has 0 radical (unpaired) electrons. The van der Waals surface area contributed by atoms with Gasteiger partial charge in [-0.15, -0.1) is 6.58 Å². The summed E-state index contributed by atoms with van der Waals surface area (Å²) < 4.78 is 10.4. The van der Waals surface area contributed by atoms with Gasteiger partial charge in [0.2, 0.25) is 0 Å². The van der Waals surface area contributed by atoms with Crippen LogP contribution < -0.4 is 9.47 Å². The van der Waals surface area contributed by atoms with Crippen molar-refractivity contribution in [2.24, 2.45) is 0 Å². The topological polar surface area (TPSA) is 93.1 Å². The highest BCUT2D eigenvalue weighted by Gasteiger charge is 2.17. The minimum Gasteiger partial charge on any atom is -0.493 e. The lowest BCUT2D eigenvalue weighted by molar-refractivity contribution is -0.140. The number of allylic oxidation sites excluding steroid dienone is 1. The van der Waals surface area contributed by atoms with Gasteiger partial charge in [-0.25, -0.2) is 9.59 Å². The maximum absolute atomic E-state index is 10.9. The van der Waals surface area contributed by atoms with Crippen LogP contribution in [0.4, 0.5) is 0 Å². The summed E-state index contributed by atoms with van der Waals surface area (Å²) in [6, 6.07) is 3.15. The van der Waals surface area contributed by atoms with E-state index in [-0.39, 0.29) is 0 Å². The van der Waals surface area contributed by atoms with Crippen molar-refractivity contribution < 1.29 is 29.3 Å². The molecule has 0 spiro atoms. The second kappa shape index (κ2) is 7.14. The Morgan fingerprint density at radius 3 is 2.24 bits per heavy atom. The fourth-order valence-electron chi connectivity index (χ4n) is 1.84. The van der Waals surface area contributed by atoms with Crippen molar-refractivity contribution in [1.29, 1.82) is 0 Å². The van der Waals surface area contributed by atoms with Crippen LogP contribution in [0, 0.1) is 0 Å². The van der Waals surface area contributed by atoms with E-state index in [0.29, 0.717) is 29.0 Å². The predicted molar refractivity (Wildman–Crippen MR) is 76.7 cm³/mol. The van der Waals surface area contributed by atoms with E-state index in [9.17, 15) is 9.59 Å². The molecule has 0 aromatic heterocycles. The Morgan fingerprint density at radius 2 is 1.81 bits per heavy atom. The van der Waals surface area contributed by atoms with Gasteiger partial charge in [0.25, 0.3) is 0 Å². The van der Waals surface area contributed by atoms with E-state index in [2.05, 4.69) is 6.58 Å². The van der Waals surface area contributed by atoms with Crippen molar-refractivity contribution in [3.05, 3.63) is 41.5 Å². The van der Waals surface area contributed by atoms with E-state index in [1.54, 1.807) is 12.1 Å². The number of aliphatic carboxylic acids is 2. The lowest BCUT2D eigenvalue weighted by atomic mass is 10.0. The first-order valence-corrected chi connectivity index (χ1v) is 5.98. The van der Waals surface area contributed by atoms with Gasteiger partial charge in [-0.05, 0) is 30.2 Å². The molecule has 0 bridgehead atoms. The summed E-state index contributed by atoms with van der Waals surface area (Å²) in [5.41, 5.74) is 0.379. The predicted octanol–water partition coefficient (Wildman–Crippen LogP) is 1.98. The van der Waals surface area contributed by atoms with Crippen LogP contribution in [0.15, 0.2) is 30.4 Å². The highest BCUT2D eigenvalue weighted by Crippen LogP contribution is 2.33. The number of rotatable bonds is 7. The molecule has 112 valence electrons. The summed E-state index contributed by atoms with van der Waals surface area (Å²) in [6.07, 6.45) is 3.19. The summed E-state index contributed by atoms with van der Waals surface area (Å²) in [5, 5.41) is 17.8. The fourth-order valence-corrected chi connectivity index (χ4v) is 1.84. The number of methoxy groups -OCH3 is 2. The second-order valence-electron chi connectivity index (χ2n) is 4.08. The molecular weight excluding hydrogens is 276 g/mol. The van der Waals surface area contributed by atoms with Crippen LogP contribution in [-0.4, -0.2) is 36.4 Å². The van der Waals surface area contributed by atoms with Gasteiger partial charge in [0.05, 0.1) is 14.2 Å².